The minimum absolute atomic E-state index is 0.0390. The van der Waals surface area contributed by atoms with Crippen molar-refractivity contribution in [3.8, 4) is 11.3 Å². The number of nitro benzene ring substituents is 1. The second kappa shape index (κ2) is 5.38. The molecule has 19 heavy (non-hydrogen) atoms. The van der Waals surface area contributed by atoms with Gasteiger partial charge in [0.25, 0.3) is 5.69 Å². The molecule has 0 radical (unpaired) electrons. The fourth-order valence-electron chi connectivity index (χ4n) is 1.57. The van der Waals surface area contributed by atoms with Gasteiger partial charge < -0.3 is 9.73 Å². The number of hydrogen-bond donors (Lipinski definition) is 1. The van der Waals surface area contributed by atoms with Crippen molar-refractivity contribution in [2.45, 2.75) is 13.0 Å². The molecule has 7 heteroatoms. The first-order valence-corrected chi connectivity index (χ1v) is 5.97. The number of non-ortho nitro benzene ring substituents is 1. The highest BCUT2D eigenvalue weighted by atomic mass is 35.5. The summed E-state index contributed by atoms with van der Waals surface area (Å²) in [5.41, 5.74) is 0.448. The number of hydrogen-bond acceptors (Lipinski definition) is 5. The van der Waals surface area contributed by atoms with Gasteiger partial charge in [-0.15, -0.1) is 0 Å². The van der Waals surface area contributed by atoms with Crippen molar-refractivity contribution in [2.24, 2.45) is 0 Å². The molecule has 0 saturated heterocycles. The molecule has 1 unspecified atom stereocenters. The number of halogens is 1. The van der Waals surface area contributed by atoms with E-state index in [9.17, 15) is 10.1 Å². The minimum atomic E-state index is -0.497. The molecule has 0 aliphatic heterocycles. The Kier molecular flexibility index (Phi) is 3.82. The van der Waals surface area contributed by atoms with E-state index in [0.717, 1.165) is 0 Å². The lowest BCUT2D eigenvalue weighted by atomic mass is 10.1. The van der Waals surface area contributed by atoms with Crippen LogP contribution in [0, 0.1) is 10.1 Å². The van der Waals surface area contributed by atoms with Crippen LogP contribution in [0.25, 0.3) is 11.3 Å². The van der Waals surface area contributed by atoms with Crippen molar-refractivity contribution >= 4 is 17.3 Å². The first-order chi connectivity index (χ1) is 9.01. The molecule has 2 aromatic rings. The predicted octanol–water partition coefficient (Wildman–Crippen LogP) is 3.18. The zero-order chi connectivity index (χ0) is 14.0. The molecule has 100 valence electrons. The third-order valence-corrected chi connectivity index (χ3v) is 2.92. The van der Waals surface area contributed by atoms with Gasteiger partial charge in [-0.25, -0.2) is 4.98 Å². The van der Waals surface area contributed by atoms with Gasteiger partial charge in [-0.1, -0.05) is 11.6 Å². The molecule has 0 aliphatic rings. The maximum absolute atomic E-state index is 10.8. The second-order valence-electron chi connectivity index (χ2n) is 4.03. The molecule has 1 aromatic heterocycles. The van der Waals surface area contributed by atoms with Crippen molar-refractivity contribution in [3.05, 3.63) is 45.4 Å². The summed E-state index contributed by atoms with van der Waals surface area (Å²) in [6, 6.07) is 4.25. The van der Waals surface area contributed by atoms with Crippen LogP contribution >= 0.6 is 11.6 Å². The summed E-state index contributed by atoms with van der Waals surface area (Å²) in [6.45, 7) is 1.90. The summed E-state index contributed by atoms with van der Waals surface area (Å²) in [5.74, 6) is 0.961. The molecule has 0 saturated carbocycles. The van der Waals surface area contributed by atoms with Crippen molar-refractivity contribution < 1.29 is 9.34 Å². The third-order valence-electron chi connectivity index (χ3n) is 2.70. The monoisotopic (exact) mass is 281 g/mol. The Morgan fingerprint density at radius 1 is 1.47 bits per heavy atom. The van der Waals surface area contributed by atoms with Gasteiger partial charge in [0.15, 0.2) is 5.76 Å². The van der Waals surface area contributed by atoms with Gasteiger partial charge in [0.1, 0.15) is 0 Å². The van der Waals surface area contributed by atoms with Gasteiger partial charge in [0.05, 0.1) is 17.2 Å². The van der Waals surface area contributed by atoms with Crippen LogP contribution in [-0.4, -0.2) is 17.0 Å². The predicted molar refractivity (Wildman–Crippen MR) is 71.1 cm³/mol. The van der Waals surface area contributed by atoms with Crippen molar-refractivity contribution in [2.75, 3.05) is 7.05 Å². The van der Waals surface area contributed by atoms with E-state index >= 15 is 0 Å². The Balaban J connectivity index is 2.41. The largest absolute Gasteiger partial charge is 0.439 e. The highest BCUT2D eigenvalue weighted by molar-refractivity contribution is 6.31. The van der Waals surface area contributed by atoms with E-state index in [1.807, 2.05) is 6.92 Å². The first kappa shape index (κ1) is 13.5. The lowest BCUT2D eigenvalue weighted by molar-refractivity contribution is -0.384. The molecule has 1 atom stereocenters. The lowest BCUT2D eigenvalue weighted by Crippen LogP contribution is -2.12. The van der Waals surface area contributed by atoms with Crippen LogP contribution in [0.15, 0.2) is 28.8 Å². The van der Waals surface area contributed by atoms with Crippen LogP contribution in [0.3, 0.4) is 0 Å². The zero-order valence-corrected chi connectivity index (χ0v) is 11.1. The number of nitrogens with one attached hydrogen (secondary N) is 1. The fourth-order valence-corrected chi connectivity index (χ4v) is 1.80. The van der Waals surface area contributed by atoms with E-state index in [0.29, 0.717) is 17.2 Å². The van der Waals surface area contributed by atoms with Crippen molar-refractivity contribution in [3.63, 3.8) is 0 Å². The van der Waals surface area contributed by atoms with Crippen LogP contribution in [-0.2, 0) is 0 Å². The van der Waals surface area contributed by atoms with Crippen LogP contribution in [0.5, 0.6) is 0 Å². The molecule has 6 nitrogen and oxygen atoms in total. The SMILES string of the molecule is CNC(C)c1ncc(-c2cc(Cl)cc([N+](=O)[O-])c2)o1. The normalized spacial score (nSPS) is 12.4. The highest BCUT2D eigenvalue weighted by Crippen LogP contribution is 2.29. The number of rotatable bonds is 4. The molecule has 0 fully saturated rings. The summed E-state index contributed by atoms with van der Waals surface area (Å²) >= 11 is 5.86. The standard InChI is InChI=1S/C12H12ClN3O3/c1-7(14-2)12-15-6-11(19-12)8-3-9(13)5-10(4-8)16(17)18/h3-7,14H,1-2H3. The molecule has 0 spiro atoms. The maximum Gasteiger partial charge on any atom is 0.271 e. The smallest absolute Gasteiger partial charge is 0.271 e. The quantitative estimate of drug-likeness (QED) is 0.687. The summed E-state index contributed by atoms with van der Waals surface area (Å²) < 4.78 is 5.56. The molecule has 1 N–H and O–H groups in total. The Morgan fingerprint density at radius 3 is 2.84 bits per heavy atom. The van der Waals surface area contributed by atoms with Gasteiger partial charge in [0.2, 0.25) is 5.89 Å². The first-order valence-electron chi connectivity index (χ1n) is 5.59. The van der Waals surface area contributed by atoms with E-state index in [2.05, 4.69) is 10.3 Å². The number of nitrogens with zero attached hydrogens (tertiary/aromatic N) is 2. The third kappa shape index (κ3) is 2.91. The molecule has 0 amide bonds. The Bertz CT molecular complexity index is 612. The van der Waals surface area contributed by atoms with E-state index in [1.54, 1.807) is 13.1 Å². The van der Waals surface area contributed by atoms with Crippen LogP contribution in [0.2, 0.25) is 5.02 Å². The second-order valence-corrected chi connectivity index (χ2v) is 4.46. The lowest BCUT2D eigenvalue weighted by Gasteiger charge is -2.04. The Morgan fingerprint density at radius 2 is 2.21 bits per heavy atom. The summed E-state index contributed by atoms with van der Waals surface area (Å²) in [4.78, 5) is 14.4. The number of benzene rings is 1. The molecule has 1 heterocycles. The van der Waals surface area contributed by atoms with Crippen molar-refractivity contribution in [1.82, 2.24) is 10.3 Å². The van der Waals surface area contributed by atoms with E-state index in [-0.39, 0.29) is 16.8 Å². The van der Waals surface area contributed by atoms with E-state index < -0.39 is 4.92 Å². The molecule has 2 rings (SSSR count). The number of oxazole rings is 1. The van der Waals surface area contributed by atoms with Crippen LogP contribution < -0.4 is 5.32 Å². The fraction of sp³-hybridized carbons (Fsp3) is 0.250. The topological polar surface area (TPSA) is 81.2 Å². The molecule has 1 aromatic carbocycles. The zero-order valence-electron chi connectivity index (χ0n) is 10.4. The van der Waals surface area contributed by atoms with Gasteiger partial charge in [-0.2, -0.15) is 0 Å². The molecule has 0 bridgehead atoms. The van der Waals surface area contributed by atoms with Gasteiger partial charge >= 0.3 is 0 Å². The minimum Gasteiger partial charge on any atom is -0.439 e. The highest BCUT2D eigenvalue weighted by Gasteiger charge is 2.15. The van der Waals surface area contributed by atoms with E-state index in [4.69, 9.17) is 16.0 Å². The number of nitro groups is 1. The molecular weight excluding hydrogens is 270 g/mol. The summed E-state index contributed by atoms with van der Waals surface area (Å²) in [5, 5.41) is 14.1. The molecular formula is C12H12ClN3O3. The van der Waals surface area contributed by atoms with Gasteiger partial charge in [-0.3, -0.25) is 10.1 Å². The molecule has 0 aliphatic carbocycles. The Hall–Kier alpha value is -1.92. The number of aromatic nitrogens is 1. The Labute approximate surface area is 114 Å². The van der Waals surface area contributed by atoms with Crippen LogP contribution in [0.4, 0.5) is 5.69 Å². The summed E-state index contributed by atoms with van der Waals surface area (Å²) in [7, 11) is 1.79. The summed E-state index contributed by atoms with van der Waals surface area (Å²) in [6.07, 6.45) is 1.53. The van der Waals surface area contributed by atoms with Crippen LogP contribution in [0.1, 0.15) is 18.9 Å². The maximum atomic E-state index is 10.8. The average Bonchev–Trinajstić information content (AvgIpc) is 2.86. The van der Waals surface area contributed by atoms with Gasteiger partial charge in [0, 0.05) is 22.7 Å². The van der Waals surface area contributed by atoms with Crippen molar-refractivity contribution in [1.29, 1.82) is 0 Å². The average molecular weight is 282 g/mol. The van der Waals surface area contributed by atoms with E-state index in [1.165, 1.54) is 18.3 Å². The van der Waals surface area contributed by atoms with Gasteiger partial charge in [-0.05, 0) is 20.0 Å².